The van der Waals surface area contributed by atoms with Crippen LogP contribution in [0.3, 0.4) is 0 Å². The van der Waals surface area contributed by atoms with E-state index in [0.717, 1.165) is 5.56 Å². The maximum Gasteiger partial charge on any atom is 0.270 e. The zero-order valence-corrected chi connectivity index (χ0v) is 12.4. The number of hydrogen-bond acceptors (Lipinski definition) is 6. The summed E-state index contributed by atoms with van der Waals surface area (Å²) in [5, 5.41) is 22.6. The summed E-state index contributed by atoms with van der Waals surface area (Å²) in [4.78, 5) is 10.4. The summed E-state index contributed by atoms with van der Waals surface area (Å²) in [5.74, 6) is 0.598. The monoisotopic (exact) mass is 298 g/mol. The van der Waals surface area contributed by atoms with Crippen LogP contribution in [-0.4, -0.2) is 42.5 Å². The topological polar surface area (TPSA) is 93.9 Å². The number of nitrogens with one attached hydrogen (secondary N) is 1. The van der Waals surface area contributed by atoms with Crippen molar-refractivity contribution in [3.05, 3.63) is 33.9 Å². The molecule has 1 aromatic rings. The summed E-state index contributed by atoms with van der Waals surface area (Å²) in [6, 6.07) is 4.80. The van der Waals surface area contributed by atoms with Crippen LogP contribution < -0.4 is 10.1 Å². The summed E-state index contributed by atoms with van der Waals surface area (Å²) in [7, 11) is 0. The molecular formula is C14H22N2O5. The lowest BCUT2D eigenvalue weighted by Gasteiger charge is -2.13. The van der Waals surface area contributed by atoms with Gasteiger partial charge in [-0.3, -0.25) is 10.1 Å². The molecule has 1 rings (SSSR count). The highest BCUT2D eigenvalue weighted by Crippen LogP contribution is 2.24. The van der Waals surface area contributed by atoms with Crippen molar-refractivity contribution >= 4 is 5.69 Å². The Labute approximate surface area is 124 Å². The second-order valence-corrected chi connectivity index (χ2v) is 4.77. The Hall–Kier alpha value is -1.70. The lowest BCUT2D eigenvalue weighted by atomic mass is 10.1. The Bertz CT molecular complexity index is 451. The van der Waals surface area contributed by atoms with E-state index in [9.17, 15) is 10.1 Å². The quantitative estimate of drug-likeness (QED) is 0.386. The van der Waals surface area contributed by atoms with Crippen molar-refractivity contribution in [2.45, 2.75) is 26.4 Å². The SMILES string of the molecule is CC(C)NCc1cc([N+](=O)[O-])ccc1OCCOCCO. The fourth-order valence-corrected chi connectivity index (χ4v) is 1.65. The third-order valence-corrected chi connectivity index (χ3v) is 2.68. The van der Waals surface area contributed by atoms with Crippen LogP contribution in [0.2, 0.25) is 0 Å². The smallest absolute Gasteiger partial charge is 0.270 e. The number of hydrogen-bond donors (Lipinski definition) is 2. The first-order valence-electron chi connectivity index (χ1n) is 6.86. The molecule has 0 atom stereocenters. The molecule has 0 saturated carbocycles. The largest absolute Gasteiger partial charge is 0.491 e. The van der Waals surface area contributed by atoms with Crippen molar-refractivity contribution in [2.24, 2.45) is 0 Å². The lowest BCUT2D eigenvalue weighted by Crippen LogP contribution is -2.22. The van der Waals surface area contributed by atoms with Crippen LogP contribution in [0, 0.1) is 10.1 Å². The van der Waals surface area contributed by atoms with E-state index in [4.69, 9.17) is 14.6 Å². The summed E-state index contributed by atoms with van der Waals surface area (Å²) >= 11 is 0. The summed E-state index contributed by atoms with van der Waals surface area (Å²) in [6.45, 7) is 5.42. The van der Waals surface area contributed by atoms with Crippen molar-refractivity contribution in [3.63, 3.8) is 0 Å². The van der Waals surface area contributed by atoms with Crippen LogP contribution in [0.1, 0.15) is 19.4 Å². The molecule has 2 N–H and O–H groups in total. The minimum absolute atomic E-state index is 0.0267. The van der Waals surface area contributed by atoms with E-state index < -0.39 is 4.92 Å². The zero-order valence-electron chi connectivity index (χ0n) is 12.4. The van der Waals surface area contributed by atoms with Crippen molar-refractivity contribution in [1.29, 1.82) is 0 Å². The molecule has 7 nitrogen and oxygen atoms in total. The number of ether oxygens (including phenoxy) is 2. The molecule has 0 bridgehead atoms. The van der Waals surface area contributed by atoms with Crippen molar-refractivity contribution in [1.82, 2.24) is 5.32 Å². The number of nitro benzene ring substituents is 1. The number of non-ortho nitro benzene ring substituents is 1. The molecule has 21 heavy (non-hydrogen) atoms. The molecule has 1 aromatic carbocycles. The molecule has 0 radical (unpaired) electrons. The van der Waals surface area contributed by atoms with Crippen LogP contribution in [0.4, 0.5) is 5.69 Å². The molecule has 0 fully saturated rings. The average molecular weight is 298 g/mol. The predicted molar refractivity (Wildman–Crippen MR) is 78.5 cm³/mol. The number of aliphatic hydroxyl groups is 1. The van der Waals surface area contributed by atoms with E-state index in [1.54, 1.807) is 6.07 Å². The highest BCUT2D eigenvalue weighted by Gasteiger charge is 2.12. The Morgan fingerprint density at radius 3 is 2.71 bits per heavy atom. The van der Waals surface area contributed by atoms with Gasteiger partial charge in [0.25, 0.3) is 5.69 Å². The predicted octanol–water partition coefficient (Wildman–Crippen LogP) is 1.48. The van der Waals surface area contributed by atoms with Gasteiger partial charge < -0.3 is 19.9 Å². The van der Waals surface area contributed by atoms with E-state index in [1.807, 2.05) is 13.8 Å². The molecule has 0 aromatic heterocycles. The Morgan fingerprint density at radius 2 is 2.10 bits per heavy atom. The molecule has 0 saturated heterocycles. The number of rotatable bonds is 10. The van der Waals surface area contributed by atoms with Gasteiger partial charge in [-0.25, -0.2) is 0 Å². The van der Waals surface area contributed by atoms with Crippen LogP contribution in [-0.2, 0) is 11.3 Å². The van der Waals surface area contributed by atoms with Crippen molar-refractivity contribution in [2.75, 3.05) is 26.4 Å². The summed E-state index contributed by atoms with van der Waals surface area (Å²) in [6.07, 6.45) is 0. The number of nitro groups is 1. The lowest BCUT2D eigenvalue weighted by molar-refractivity contribution is -0.384. The molecule has 0 unspecified atom stereocenters. The third-order valence-electron chi connectivity index (χ3n) is 2.68. The van der Waals surface area contributed by atoms with Gasteiger partial charge in [-0.2, -0.15) is 0 Å². The van der Waals surface area contributed by atoms with E-state index in [1.165, 1.54) is 12.1 Å². The third kappa shape index (κ3) is 6.52. The van der Waals surface area contributed by atoms with Crippen LogP contribution in [0.25, 0.3) is 0 Å². The van der Waals surface area contributed by atoms with E-state index in [0.29, 0.717) is 25.5 Å². The van der Waals surface area contributed by atoms with Gasteiger partial charge in [0.05, 0.1) is 24.7 Å². The second-order valence-electron chi connectivity index (χ2n) is 4.77. The first kappa shape index (κ1) is 17.4. The van der Waals surface area contributed by atoms with Crippen LogP contribution in [0.15, 0.2) is 18.2 Å². The normalized spacial score (nSPS) is 10.9. The Balaban J connectivity index is 2.68. The number of benzene rings is 1. The maximum atomic E-state index is 10.8. The highest BCUT2D eigenvalue weighted by molar-refractivity contribution is 5.43. The second kappa shape index (κ2) is 9.28. The molecule has 0 heterocycles. The van der Waals surface area contributed by atoms with Gasteiger partial charge in [0, 0.05) is 30.3 Å². The summed E-state index contributed by atoms with van der Waals surface area (Å²) < 4.78 is 10.7. The Kier molecular flexibility index (Phi) is 7.66. The van der Waals surface area contributed by atoms with Gasteiger partial charge in [0.1, 0.15) is 12.4 Å². The molecule has 0 aliphatic heterocycles. The van der Waals surface area contributed by atoms with Gasteiger partial charge in [0.2, 0.25) is 0 Å². The van der Waals surface area contributed by atoms with E-state index in [2.05, 4.69) is 5.32 Å². The van der Waals surface area contributed by atoms with Crippen molar-refractivity contribution < 1.29 is 19.5 Å². The fourth-order valence-electron chi connectivity index (χ4n) is 1.65. The molecule has 0 aliphatic rings. The highest BCUT2D eigenvalue weighted by atomic mass is 16.6. The Morgan fingerprint density at radius 1 is 1.33 bits per heavy atom. The van der Waals surface area contributed by atoms with Gasteiger partial charge in [-0.1, -0.05) is 13.8 Å². The first-order valence-corrected chi connectivity index (χ1v) is 6.86. The standard InChI is InChI=1S/C14H22N2O5/c1-11(2)15-10-12-9-13(16(18)19)3-4-14(12)21-8-7-20-6-5-17/h3-4,9,11,15,17H,5-8,10H2,1-2H3. The molecule has 0 spiro atoms. The van der Waals surface area contributed by atoms with E-state index >= 15 is 0 Å². The van der Waals surface area contributed by atoms with Crippen LogP contribution in [0.5, 0.6) is 5.75 Å². The van der Waals surface area contributed by atoms with Gasteiger partial charge in [-0.05, 0) is 6.07 Å². The van der Waals surface area contributed by atoms with Gasteiger partial charge in [-0.15, -0.1) is 0 Å². The average Bonchev–Trinajstić information content (AvgIpc) is 2.45. The number of nitrogens with zero attached hydrogens (tertiary/aromatic N) is 1. The minimum Gasteiger partial charge on any atom is -0.491 e. The molecule has 0 amide bonds. The molecule has 0 aliphatic carbocycles. The van der Waals surface area contributed by atoms with E-state index in [-0.39, 0.29) is 24.9 Å². The minimum atomic E-state index is -0.424. The van der Waals surface area contributed by atoms with Gasteiger partial charge >= 0.3 is 0 Å². The van der Waals surface area contributed by atoms with Gasteiger partial charge in [0.15, 0.2) is 0 Å². The zero-order chi connectivity index (χ0) is 15.7. The van der Waals surface area contributed by atoms with Crippen molar-refractivity contribution in [3.8, 4) is 5.75 Å². The maximum absolute atomic E-state index is 10.8. The van der Waals surface area contributed by atoms with Crippen LogP contribution >= 0.6 is 0 Å². The molecule has 7 heteroatoms. The number of aliphatic hydroxyl groups excluding tert-OH is 1. The molecule has 118 valence electrons. The fraction of sp³-hybridized carbons (Fsp3) is 0.571. The molecular weight excluding hydrogens is 276 g/mol. The first-order chi connectivity index (χ1) is 10.0. The summed E-state index contributed by atoms with van der Waals surface area (Å²) in [5.41, 5.74) is 0.777.